The van der Waals surface area contributed by atoms with E-state index in [1.54, 1.807) is 13.2 Å². The number of hydrogen-bond donors (Lipinski definition) is 2. The molecule has 0 amide bonds. The van der Waals surface area contributed by atoms with Gasteiger partial charge < -0.3 is 20.9 Å². The molecule has 0 spiro atoms. The summed E-state index contributed by atoms with van der Waals surface area (Å²) in [4.78, 5) is 0. The molecule has 0 saturated carbocycles. The lowest BCUT2D eigenvalue weighted by Crippen LogP contribution is -2.21. The summed E-state index contributed by atoms with van der Waals surface area (Å²) >= 11 is 3.40. The lowest BCUT2D eigenvalue weighted by molar-refractivity contribution is 0.310. The summed E-state index contributed by atoms with van der Waals surface area (Å²) in [5, 5.41) is 7.26. The van der Waals surface area contributed by atoms with Crippen LogP contribution < -0.4 is 20.9 Å². The molecule has 0 aliphatic carbocycles. The molecular weight excluding hydrogens is 300 g/mol. The molecule has 98 valence electrons. The van der Waals surface area contributed by atoms with Gasteiger partial charge in [-0.05, 0) is 40.5 Å². The highest BCUT2D eigenvalue weighted by molar-refractivity contribution is 9.10. The van der Waals surface area contributed by atoms with Crippen LogP contribution in [0.5, 0.6) is 11.5 Å². The van der Waals surface area contributed by atoms with Crippen LogP contribution in [-0.4, -0.2) is 25.9 Å². The minimum atomic E-state index is -0.0936. The summed E-state index contributed by atoms with van der Waals surface area (Å²) in [5.41, 5.74) is 11.1. The Hall–Kier alpha value is -1.76. The quantitative estimate of drug-likeness (QED) is 0.488. The van der Waals surface area contributed by atoms with Gasteiger partial charge in [0.2, 0.25) is 5.96 Å². The van der Waals surface area contributed by atoms with Gasteiger partial charge in [-0.3, -0.25) is 0 Å². The van der Waals surface area contributed by atoms with Crippen molar-refractivity contribution in [1.82, 2.24) is 0 Å². The number of rotatable bonds is 5. The Balaban J connectivity index is 3.08. The molecular formula is C11H15BrN4O2. The third-order valence-electron chi connectivity index (χ3n) is 1.92. The number of nitrogens with zero attached hydrogens (tertiary/aromatic N) is 2. The van der Waals surface area contributed by atoms with Crippen LogP contribution in [0.4, 0.5) is 0 Å². The molecule has 1 rings (SSSR count). The topological polar surface area (TPSA) is 95.2 Å². The predicted octanol–water partition coefficient (Wildman–Crippen LogP) is 1.46. The van der Waals surface area contributed by atoms with E-state index in [1.165, 1.54) is 6.21 Å². The Morgan fingerprint density at radius 3 is 2.72 bits per heavy atom. The number of benzene rings is 1. The van der Waals surface area contributed by atoms with E-state index in [9.17, 15) is 0 Å². The smallest absolute Gasteiger partial charge is 0.211 e. The maximum Gasteiger partial charge on any atom is 0.211 e. The summed E-state index contributed by atoms with van der Waals surface area (Å²) in [6.45, 7) is 2.44. The zero-order valence-electron chi connectivity index (χ0n) is 10.2. The van der Waals surface area contributed by atoms with E-state index in [2.05, 4.69) is 26.1 Å². The van der Waals surface area contributed by atoms with Gasteiger partial charge >= 0.3 is 0 Å². The van der Waals surface area contributed by atoms with Gasteiger partial charge in [0.1, 0.15) is 0 Å². The van der Waals surface area contributed by atoms with Crippen LogP contribution >= 0.6 is 15.9 Å². The zero-order valence-corrected chi connectivity index (χ0v) is 11.8. The molecule has 0 radical (unpaired) electrons. The van der Waals surface area contributed by atoms with Gasteiger partial charge in [-0.2, -0.15) is 5.10 Å². The second kappa shape index (κ2) is 6.85. The molecule has 0 atom stereocenters. The molecule has 18 heavy (non-hydrogen) atoms. The molecule has 0 aromatic heterocycles. The standard InChI is InChI=1S/C11H15BrN4O2/c1-3-18-9-5-7(6-15-16-11(13)14)4-8(12)10(9)17-2/h4-6H,3H2,1-2H3,(H4,13,14,16)/b15-6+. The molecule has 0 aliphatic rings. The molecule has 0 unspecified atom stereocenters. The van der Waals surface area contributed by atoms with E-state index in [1.807, 2.05) is 13.0 Å². The van der Waals surface area contributed by atoms with Gasteiger partial charge in [-0.25, -0.2) is 0 Å². The fraction of sp³-hybridized carbons (Fsp3) is 0.273. The van der Waals surface area contributed by atoms with Crippen LogP contribution in [0.2, 0.25) is 0 Å². The summed E-state index contributed by atoms with van der Waals surface area (Å²) in [6.07, 6.45) is 1.52. The minimum Gasteiger partial charge on any atom is -0.492 e. The Morgan fingerprint density at radius 2 is 2.17 bits per heavy atom. The van der Waals surface area contributed by atoms with E-state index in [0.717, 1.165) is 10.0 Å². The Morgan fingerprint density at radius 1 is 1.44 bits per heavy atom. The Labute approximate surface area is 114 Å². The largest absolute Gasteiger partial charge is 0.492 e. The van der Waals surface area contributed by atoms with E-state index in [-0.39, 0.29) is 5.96 Å². The summed E-state index contributed by atoms with van der Waals surface area (Å²) in [7, 11) is 1.58. The fourth-order valence-electron chi connectivity index (χ4n) is 1.29. The van der Waals surface area contributed by atoms with Crippen LogP contribution in [0.3, 0.4) is 0 Å². The number of nitrogens with two attached hydrogens (primary N) is 2. The van der Waals surface area contributed by atoms with Gasteiger partial charge in [0.25, 0.3) is 0 Å². The number of ether oxygens (including phenoxy) is 2. The average Bonchev–Trinajstić information content (AvgIpc) is 2.28. The van der Waals surface area contributed by atoms with Crippen molar-refractivity contribution in [2.75, 3.05) is 13.7 Å². The van der Waals surface area contributed by atoms with E-state index in [0.29, 0.717) is 18.1 Å². The monoisotopic (exact) mass is 314 g/mol. The Kier molecular flexibility index (Phi) is 5.44. The van der Waals surface area contributed by atoms with Crippen molar-refractivity contribution < 1.29 is 9.47 Å². The first-order chi connectivity index (χ1) is 8.58. The van der Waals surface area contributed by atoms with Crippen molar-refractivity contribution in [3.05, 3.63) is 22.2 Å². The van der Waals surface area contributed by atoms with Crippen LogP contribution in [0.25, 0.3) is 0 Å². The van der Waals surface area contributed by atoms with E-state index >= 15 is 0 Å². The first-order valence-corrected chi connectivity index (χ1v) is 6.00. The third-order valence-corrected chi connectivity index (χ3v) is 2.50. The number of methoxy groups -OCH3 is 1. The second-order valence-electron chi connectivity index (χ2n) is 3.24. The maximum absolute atomic E-state index is 5.47. The van der Waals surface area contributed by atoms with Crippen molar-refractivity contribution in [2.45, 2.75) is 6.92 Å². The first kappa shape index (κ1) is 14.3. The van der Waals surface area contributed by atoms with Crippen LogP contribution in [0.1, 0.15) is 12.5 Å². The highest BCUT2D eigenvalue weighted by atomic mass is 79.9. The van der Waals surface area contributed by atoms with Crippen molar-refractivity contribution in [1.29, 1.82) is 0 Å². The molecule has 0 bridgehead atoms. The van der Waals surface area contributed by atoms with Crippen molar-refractivity contribution in [3.8, 4) is 11.5 Å². The van der Waals surface area contributed by atoms with Gasteiger partial charge in [-0.1, -0.05) is 0 Å². The molecule has 0 fully saturated rings. The van der Waals surface area contributed by atoms with Gasteiger partial charge in [-0.15, -0.1) is 5.10 Å². The van der Waals surface area contributed by atoms with Crippen molar-refractivity contribution >= 4 is 28.1 Å². The van der Waals surface area contributed by atoms with Crippen LogP contribution in [-0.2, 0) is 0 Å². The first-order valence-electron chi connectivity index (χ1n) is 5.20. The normalized spacial score (nSPS) is 10.4. The molecule has 7 heteroatoms. The zero-order chi connectivity index (χ0) is 13.5. The molecule has 6 nitrogen and oxygen atoms in total. The highest BCUT2D eigenvalue weighted by Gasteiger charge is 2.10. The Bertz CT molecular complexity index is 470. The molecule has 0 heterocycles. The SMILES string of the molecule is CCOc1cc(/C=N/N=C(N)N)cc(Br)c1OC. The summed E-state index contributed by atoms with van der Waals surface area (Å²) in [5.74, 6) is 1.17. The number of guanidine groups is 1. The lowest BCUT2D eigenvalue weighted by Gasteiger charge is -2.11. The third kappa shape index (κ3) is 3.92. The lowest BCUT2D eigenvalue weighted by atomic mass is 10.2. The van der Waals surface area contributed by atoms with Gasteiger partial charge in [0, 0.05) is 0 Å². The molecule has 4 N–H and O–H groups in total. The molecule has 1 aromatic rings. The van der Waals surface area contributed by atoms with E-state index < -0.39 is 0 Å². The minimum absolute atomic E-state index is 0.0936. The number of hydrogen-bond acceptors (Lipinski definition) is 4. The van der Waals surface area contributed by atoms with Gasteiger partial charge in [0.15, 0.2) is 11.5 Å². The average molecular weight is 315 g/mol. The fourth-order valence-corrected chi connectivity index (χ4v) is 1.91. The van der Waals surface area contributed by atoms with Crippen molar-refractivity contribution in [2.24, 2.45) is 21.7 Å². The molecule has 0 saturated heterocycles. The van der Waals surface area contributed by atoms with E-state index in [4.69, 9.17) is 20.9 Å². The van der Waals surface area contributed by atoms with Crippen molar-refractivity contribution in [3.63, 3.8) is 0 Å². The molecule has 1 aromatic carbocycles. The summed E-state index contributed by atoms with van der Waals surface area (Å²) < 4.78 is 11.5. The van der Waals surface area contributed by atoms with Crippen LogP contribution in [0, 0.1) is 0 Å². The van der Waals surface area contributed by atoms with Gasteiger partial charge in [0.05, 0.1) is 24.4 Å². The predicted molar refractivity (Wildman–Crippen MR) is 75.3 cm³/mol. The maximum atomic E-state index is 5.47. The molecule has 0 aliphatic heterocycles. The highest BCUT2D eigenvalue weighted by Crippen LogP contribution is 2.36. The number of halogens is 1. The summed E-state index contributed by atoms with van der Waals surface area (Å²) in [6, 6.07) is 3.62. The second-order valence-corrected chi connectivity index (χ2v) is 4.09. The van der Waals surface area contributed by atoms with Crippen LogP contribution in [0.15, 0.2) is 26.8 Å².